The Labute approximate surface area is 238 Å². The average molecular weight is 550 g/mol. The summed E-state index contributed by atoms with van der Waals surface area (Å²) >= 11 is 0. The van der Waals surface area contributed by atoms with E-state index in [-0.39, 0.29) is 12.0 Å². The lowest BCUT2D eigenvalue weighted by Crippen LogP contribution is -2.60. The van der Waals surface area contributed by atoms with Gasteiger partial charge in [-0.2, -0.15) is 0 Å². The summed E-state index contributed by atoms with van der Waals surface area (Å²) in [7, 11) is 0. The minimum absolute atomic E-state index is 0.165. The van der Waals surface area contributed by atoms with Gasteiger partial charge in [-0.1, -0.05) is 74.5 Å². The van der Waals surface area contributed by atoms with Crippen molar-refractivity contribution in [2.24, 2.45) is 11.7 Å². The lowest BCUT2D eigenvalue weighted by Gasteiger charge is -2.47. The van der Waals surface area contributed by atoms with Crippen molar-refractivity contribution in [1.29, 1.82) is 0 Å². The summed E-state index contributed by atoms with van der Waals surface area (Å²) in [5, 5.41) is 0. The van der Waals surface area contributed by atoms with Gasteiger partial charge < -0.3 is 24.4 Å². The number of quaternary nitrogens is 1. The Bertz CT molecular complexity index is 1090. The first-order valence-corrected chi connectivity index (χ1v) is 15.1. The summed E-state index contributed by atoms with van der Waals surface area (Å²) in [5.74, 6) is -0.777. The quantitative estimate of drug-likeness (QED) is 0.253. The smallest absolute Gasteiger partial charge is 0.348 e. The molecule has 5 rings (SSSR count). The zero-order valence-electron chi connectivity index (χ0n) is 24.2. The summed E-state index contributed by atoms with van der Waals surface area (Å²) in [4.78, 5) is 27.3. The maximum Gasteiger partial charge on any atom is 0.348 e. The highest BCUT2D eigenvalue weighted by molar-refractivity contribution is 5.86. The normalized spacial score (nSPS) is 25.1. The van der Waals surface area contributed by atoms with Gasteiger partial charge in [0.15, 0.2) is 0 Å². The Hall–Kier alpha value is -2.74. The third-order valence-corrected chi connectivity index (χ3v) is 9.33. The summed E-state index contributed by atoms with van der Waals surface area (Å²) in [6, 6.07) is 19.1. The van der Waals surface area contributed by atoms with E-state index in [2.05, 4.69) is 0 Å². The predicted molar refractivity (Wildman–Crippen MR) is 153 cm³/mol. The second-order valence-corrected chi connectivity index (χ2v) is 12.4. The van der Waals surface area contributed by atoms with E-state index in [4.69, 9.17) is 19.9 Å². The van der Waals surface area contributed by atoms with Crippen LogP contribution in [0.1, 0.15) is 76.8 Å². The van der Waals surface area contributed by atoms with Crippen LogP contribution in [0.15, 0.2) is 60.7 Å². The van der Waals surface area contributed by atoms with Gasteiger partial charge in [0.1, 0.15) is 12.1 Å². The molecule has 3 aliphatic rings. The molecule has 7 heteroatoms. The number of piperidine rings is 1. The number of nitrogens with two attached hydrogens (primary N) is 1. The van der Waals surface area contributed by atoms with E-state index in [1.165, 1.54) is 43.3 Å². The molecule has 2 aromatic rings. The Kier molecular flexibility index (Phi) is 8.64. The number of ether oxygens (including phenoxy) is 3. The van der Waals surface area contributed by atoms with Crippen molar-refractivity contribution < 1.29 is 28.3 Å². The van der Waals surface area contributed by atoms with Crippen molar-refractivity contribution in [3.63, 3.8) is 0 Å². The average Bonchev–Trinajstić information content (AvgIpc) is 3.48. The van der Waals surface area contributed by atoms with E-state index in [9.17, 15) is 9.59 Å². The molecule has 0 aliphatic carbocycles. The van der Waals surface area contributed by atoms with Crippen LogP contribution in [0.5, 0.6) is 0 Å². The molecule has 0 aromatic heterocycles. The van der Waals surface area contributed by atoms with Crippen molar-refractivity contribution in [3.05, 3.63) is 71.8 Å². The molecular weight excluding hydrogens is 504 g/mol. The van der Waals surface area contributed by atoms with Crippen molar-refractivity contribution in [1.82, 2.24) is 0 Å². The van der Waals surface area contributed by atoms with Crippen molar-refractivity contribution in [3.8, 4) is 0 Å². The lowest BCUT2D eigenvalue weighted by molar-refractivity contribution is -0.956. The Morgan fingerprint density at radius 3 is 1.93 bits per heavy atom. The van der Waals surface area contributed by atoms with E-state index in [0.29, 0.717) is 29.6 Å². The van der Waals surface area contributed by atoms with E-state index in [1.807, 2.05) is 74.5 Å². The van der Waals surface area contributed by atoms with Crippen LogP contribution in [0.4, 0.5) is 0 Å². The van der Waals surface area contributed by atoms with Gasteiger partial charge in [0.2, 0.25) is 11.9 Å². The monoisotopic (exact) mass is 549 g/mol. The fraction of sp³-hybridized carbons (Fsp3) is 0.576. The largest absolute Gasteiger partial charge is 0.459 e. The van der Waals surface area contributed by atoms with Crippen LogP contribution in [-0.2, 0) is 29.4 Å². The Balaban J connectivity index is 1.43. The number of carbonyl (C=O) groups excluding carboxylic acids is 2. The molecule has 0 radical (unpaired) electrons. The van der Waals surface area contributed by atoms with Crippen LogP contribution in [0.3, 0.4) is 0 Å². The highest BCUT2D eigenvalue weighted by atomic mass is 16.7. The molecule has 3 aliphatic heterocycles. The van der Waals surface area contributed by atoms with Crippen LogP contribution in [-0.4, -0.2) is 60.0 Å². The molecule has 2 N–H and O–H groups in total. The van der Waals surface area contributed by atoms with Gasteiger partial charge in [-0.3, -0.25) is 4.79 Å². The molecule has 4 atom stereocenters. The number of esters is 2. The second kappa shape index (κ2) is 12.0. The minimum Gasteiger partial charge on any atom is -0.459 e. The first-order chi connectivity index (χ1) is 19.2. The van der Waals surface area contributed by atoms with Gasteiger partial charge in [0, 0.05) is 38.5 Å². The van der Waals surface area contributed by atoms with Crippen LogP contribution < -0.4 is 5.73 Å². The molecule has 0 amide bonds. The van der Waals surface area contributed by atoms with E-state index in [0.717, 1.165) is 12.8 Å². The molecule has 2 bridgehead atoms. The number of carbonyl (C=O) groups is 2. The van der Waals surface area contributed by atoms with Crippen molar-refractivity contribution >= 4 is 11.9 Å². The predicted octanol–water partition coefficient (Wildman–Crippen LogP) is 5.06. The molecule has 216 valence electrons. The zero-order valence-corrected chi connectivity index (χ0v) is 24.2. The molecule has 3 unspecified atom stereocenters. The van der Waals surface area contributed by atoms with Gasteiger partial charge >= 0.3 is 11.9 Å². The van der Waals surface area contributed by atoms with E-state index >= 15 is 0 Å². The molecule has 2 aromatic carbocycles. The lowest BCUT2D eigenvalue weighted by atomic mass is 9.85. The molecule has 1 spiro atoms. The molecule has 40 heavy (non-hydrogen) atoms. The first kappa shape index (κ1) is 28.8. The molecule has 0 saturated carbocycles. The first-order valence-electron chi connectivity index (χ1n) is 15.1. The van der Waals surface area contributed by atoms with Crippen LogP contribution >= 0.6 is 0 Å². The Morgan fingerprint density at radius 2 is 1.43 bits per heavy atom. The third kappa shape index (κ3) is 5.56. The van der Waals surface area contributed by atoms with Crippen LogP contribution in [0, 0.1) is 5.92 Å². The molecular formula is C33H45N2O5+. The number of hydrogen-bond donors (Lipinski definition) is 1. The summed E-state index contributed by atoms with van der Waals surface area (Å²) in [6.45, 7) is 8.17. The maximum atomic E-state index is 14.5. The molecule has 3 fully saturated rings. The number of nitrogens with zero attached hydrogens (tertiary/aromatic N) is 1. The summed E-state index contributed by atoms with van der Waals surface area (Å²) < 4.78 is 19.8. The van der Waals surface area contributed by atoms with Gasteiger partial charge in [0.05, 0.1) is 25.2 Å². The standard InChI is InChI=1S/C33H45N2O5/c1-23(2)20-30(34)31(36)38-24(3)40-33(25-12-6-4-7-13-25,26-14-8-5-9-15-26)32(37)39-29-21-27-16-17-28(22-29)35(27)18-10-11-19-35/h4-9,12-15,23-24,27-30H,10-11,16-22,34H2,1-3H3/q+1/t24?,27?,28?,29?,30-/m0/s1. The second-order valence-electron chi connectivity index (χ2n) is 12.4. The minimum atomic E-state index is -1.61. The van der Waals surface area contributed by atoms with Gasteiger partial charge in [-0.25, -0.2) is 4.79 Å². The van der Waals surface area contributed by atoms with E-state index in [1.54, 1.807) is 6.92 Å². The van der Waals surface area contributed by atoms with E-state index < -0.39 is 29.9 Å². The fourth-order valence-electron chi connectivity index (χ4n) is 7.60. The number of rotatable bonds is 10. The Morgan fingerprint density at radius 1 is 0.900 bits per heavy atom. The highest BCUT2D eigenvalue weighted by Crippen LogP contribution is 2.47. The third-order valence-electron chi connectivity index (χ3n) is 9.33. The summed E-state index contributed by atoms with van der Waals surface area (Å²) in [6.07, 6.45) is 6.08. The highest BCUT2D eigenvalue weighted by Gasteiger charge is 2.57. The van der Waals surface area contributed by atoms with Gasteiger partial charge in [-0.05, 0) is 30.4 Å². The van der Waals surface area contributed by atoms with Crippen LogP contribution in [0.2, 0.25) is 0 Å². The topological polar surface area (TPSA) is 87.9 Å². The van der Waals surface area contributed by atoms with Crippen LogP contribution in [0.25, 0.3) is 0 Å². The van der Waals surface area contributed by atoms with Gasteiger partial charge in [-0.15, -0.1) is 0 Å². The summed E-state index contributed by atoms with van der Waals surface area (Å²) in [5.41, 5.74) is 5.74. The zero-order chi connectivity index (χ0) is 28.3. The number of hydrogen-bond acceptors (Lipinski definition) is 6. The SMILES string of the molecule is CC(C)C[C@H](N)C(=O)OC(C)OC(C(=O)OC1CC2CCC(C1)[N+]21CCCC1)(c1ccccc1)c1ccccc1. The molecule has 7 nitrogen and oxygen atoms in total. The van der Waals surface area contributed by atoms with Crippen molar-refractivity contribution in [2.75, 3.05) is 13.1 Å². The van der Waals surface area contributed by atoms with Gasteiger partial charge in [0.25, 0.3) is 0 Å². The number of benzene rings is 2. The fourth-order valence-corrected chi connectivity index (χ4v) is 7.60. The maximum absolute atomic E-state index is 14.5. The molecule has 3 heterocycles. The van der Waals surface area contributed by atoms with Crippen molar-refractivity contribution in [2.45, 2.75) is 102 Å². The molecule has 3 saturated heterocycles.